The lowest BCUT2D eigenvalue weighted by Gasteiger charge is -2.05. The van der Waals surface area contributed by atoms with E-state index in [0.717, 1.165) is 32.7 Å². The highest BCUT2D eigenvalue weighted by Crippen LogP contribution is 2.22. The summed E-state index contributed by atoms with van der Waals surface area (Å²) in [5.74, 6) is 5.77. The monoisotopic (exact) mass is 394 g/mol. The summed E-state index contributed by atoms with van der Waals surface area (Å²) in [4.78, 5) is 23.6. The van der Waals surface area contributed by atoms with Crippen LogP contribution in [0, 0.1) is 11.8 Å². The normalized spacial score (nSPS) is 10.3. The van der Waals surface area contributed by atoms with E-state index in [2.05, 4.69) is 11.8 Å². The second-order valence-electron chi connectivity index (χ2n) is 6.72. The highest BCUT2D eigenvalue weighted by molar-refractivity contribution is 5.98. The van der Waals surface area contributed by atoms with Gasteiger partial charge in [-0.25, -0.2) is 9.59 Å². The Morgan fingerprint density at radius 3 is 1.47 bits per heavy atom. The molecule has 4 heteroatoms. The number of fused-ring (bicyclic) bond motifs is 2. The zero-order valence-corrected chi connectivity index (χ0v) is 16.6. The standard InChI is InChI=1S/C26H18O4/c1-29-25(27)21-11-13-23-17(5-3-7-19(23)15-21)9-10-18-6-4-8-20-16-22(26(28)30-2)12-14-24(18)20/h3-8,11-16H,1-2H3. The summed E-state index contributed by atoms with van der Waals surface area (Å²) >= 11 is 0. The van der Waals surface area contributed by atoms with Gasteiger partial charge in [0, 0.05) is 11.1 Å². The molecule has 0 aromatic heterocycles. The number of benzene rings is 4. The van der Waals surface area contributed by atoms with Gasteiger partial charge in [0.1, 0.15) is 0 Å². The average molecular weight is 394 g/mol. The molecular weight excluding hydrogens is 376 g/mol. The number of methoxy groups -OCH3 is 2. The van der Waals surface area contributed by atoms with E-state index >= 15 is 0 Å². The second-order valence-corrected chi connectivity index (χ2v) is 6.72. The molecule has 146 valence electrons. The molecule has 0 bridgehead atoms. The minimum absolute atomic E-state index is 0.365. The van der Waals surface area contributed by atoms with Crippen molar-refractivity contribution in [3.8, 4) is 11.8 Å². The zero-order valence-electron chi connectivity index (χ0n) is 16.6. The van der Waals surface area contributed by atoms with E-state index in [1.54, 1.807) is 24.3 Å². The van der Waals surface area contributed by atoms with Crippen molar-refractivity contribution in [2.45, 2.75) is 0 Å². The Labute approximate surface area is 174 Å². The van der Waals surface area contributed by atoms with Crippen LogP contribution in [0.3, 0.4) is 0 Å². The van der Waals surface area contributed by atoms with Crippen LogP contribution in [-0.4, -0.2) is 26.2 Å². The third-order valence-corrected chi connectivity index (χ3v) is 4.93. The lowest BCUT2D eigenvalue weighted by Crippen LogP contribution is -2.00. The lowest BCUT2D eigenvalue weighted by atomic mass is 10.0. The molecule has 0 saturated carbocycles. The third kappa shape index (κ3) is 3.61. The molecule has 0 heterocycles. The van der Waals surface area contributed by atoms with Gasteiger partial charge in [-0.3, -0.25) is 0 Å². The maximum atomic E-state index is 11.8. The number of rotatable bonds is 2. The van der Waals surface area contributed by atoms with Crippen LogP contribution in [0.5, 0.6) is 0 Å². The molecule has 4 nitrogen and oxygen atoms in total. The number of ether oxygens (including phenoxy) is 2. The minimum Gasteiger partial charge on any atom is -0.465 e. The van der Waals surface area contributed by atoms with Gasteiger partial charge in [-0.15, -0.1) is 0 Å². The largest absolute Gasteiger partial charge is 0.465 e. The Bertz CT molecular complexity index is 1250. The Morgan fingerprint density at radius 1 is 0.633 bits per heavy atom. The molecule has 0 aliphatic heterocycles. The Hall–Kier alpha value is -4.10. The Kier molecular flexibility index (Phi) is 5.19. The van der Waals surface area contributed by atoms with Crippen LogP contribution in [0.2, 0.25) is 0 Å². The molecular formula is C26H18O4. The first-order chi connectivity index (χ1) is 14.6. The minimum atomic E-state index is -0.365. The molecule has 0 radical (unpaired) electrons. The van der Waals surface area contributed by atoms with Gasteiger partial charge in [-0.05, 0) is 57.9 Å². The summed E-state index contributed by atoms with van der Waals surface area (Å²) in [5.41, 5.74) is 2.75. The van der Waals surface area contributed by atoms with Crippen LogP contribution in [0.4, 0.5) is 0 Å². The highest BCUT2D eigenvalue weighted by atomic mass is 16.5. The van der Waals surface area contributed by atoms with Gasteiger partial charge in [-0.2, -0.15) is 0 Å². The van der Waals surface area contributed by atoms with Gasteiger partial charge in [0.15, 0.2) is 0 Å². The van der Waals surface area contributed by atoms with Crippen molar-refractivity contribution in [2.24, 2.45) is 0 Å². The molecule has 0 fully saturated rings. The smallest absolute Gasteiger partial charge is 0.337 e. The van der Waals surface area contributed by atoms with Crippen molar-refractivity contribution in [1.29, 1.82) is 0 Å². The molecule has 0 aliphatic carbocycles. The van der Waals surface area contributed by atoms with Gasteiger partial charge in [0.2, 0.25) is 0 Å². The van der Waals surface area contributed by atoms with E-state index in [0.29, 0.717) is 11.1 Å². The molecule has 0 N–H and O–H groups in total. The molecule has 0 atom stereocenters. The summed E-state index contributed by atoms with van der Waals surface area (Å²) < 4.78 is 9.59. The van der Waals surface area contributed by atoms with Gasteiger partial charge >= 0.3 is 11.9 Å². The van der Waals surface area contributed by atoms with Crippen molar-refractivity contribution in [3.63, 3.8) is 0 Å². The molecule has 0 spiro atoms. The van der Waals surface area contributed by atoms with E-state index in [1.165, 1.54) is 14.2 Å². The lowest BCUT2D eigenvalue weighted by molar-refractivity contribution is 0.0592. The summed E-state index contributed by atoms with van der Waals surface area (Å²) in [6.07, 6.45) is 0. The summed E-state index contributed by atoms with van der Waals surface area (Å²) in [6.45, 7) is 0. The maximum Gasteiger partial charge on any atom is 0.337 e. The number of carbonyl (C=O) groups is 2. The molecule has 30 heavy (non-hydrogen) atoms. The molecule has 0 saturated heterocycles. The van der Waals surface area contributed by atoms with Crippen LogP contribution in [0.25, 0.3) is 21.5 Å². The molecule has 4 aromatic rings. The topological polar surface area (TPSA) is 52.6 Å². The van der Waals surface area contributed by atoms with Crippen LogP contribution >= 0.6 is 0 Å². The number of esters is 2. The van der Waals surface area contributed by atoms with Crippen LogP contribution in [0.15, 0.2) is 72.8 Å². The fraction of sp³-hybridized carbons (Fsp3) is 0.0769. The molecule has 4 aromatic carbocycles. The zero-order chi connectivity index (χ0) is 21.1. The fourth-order valence-electron chi connectivity index (χ4n) is 3.41. The molecule has 0 unspecified atom stereocenters. The van der Waals surface area contributed by atoms with E-state index in [9.17, 15) is 9.59 Å². The highest BCUT2D eigenvalue weighted by Gasteiger charge is 2.08. The summed E-state index contributed by atoms with van der Waals surface area (Å²) in [6, 6.07) is 22.5. The van der Waals surface area contributed by atoms with Crippen molar-refractivity contribution in [3.05, 3.63) is 95.1 Å². The quantitative estimate of drug-likeness (QED) is 0.356. The summed E-state index contributed by atoms with van der Waals surface area (Å²) in [5, 5.41) is 3.77. The number of hydrogen-bond donors (Lipinski definition) is 0. The van der Waals surface area contributed by atoms with E-state index < -0.39 is 0 Å². The first kappa shape index (κ1) is 19.2. The Balaban J connectivity index is 1.77. The van der Waals surface area contributed by atoms with Gasteiger partial charge < -0.3 is 9.47 Å². The van der Waals surface area contributed by atoms with Crippen molar-refractivity contribution < 1.29 is 19.1 Å². The SMILES string of the molecule is COC(=O)c1ccc2c(C#Cc3cccc4cc(C(=O)OC)ccc34)cccc2c1. The van der Waals surface area contributed by atoms with Crippen LogP contribution in [0.1, 0.15) is 31.8 Å². The predicted octanol–water partition coefficient (Wildman–Crippen LogP) is 4.97. The maximum absolute atomic E-state index is 11.8. The van der Waals surface area contributed by atoms with E-state index in [1.807, 2.05) is 48.5 Å². The van der Waals surface area contributed by atoms with Crippen LogP contribution < -0.4 is 0 Å². The number of carbonyl (C=O) groups excluding carboxylic acids is 2. The molecule has 0 aliphatic rings. The van der Waals surface area contributed by atoms with E-state index in [4.69, 9.17) is 9.47 Å². The van der Waals surface area contributed by atoms with E-state index in [-0.39, 0.29) is 11.9 Å². The fourth-order valence-corrected chi connectivity index (χ4v) is 3.41. The molecule has 4 rings (SSSR count). The number of hydrogen-bond acceptors (Lipinski definition) is 4. The van der Waals surface area contributed by atoms with Gasteiger partial charge in [-0.1, -0.05) is 48.2 Å². The summed E-state index contributed by atoms with van der Waals surface area (Å²) in [7, 11) is 2.74. The first-order valence-electron chi connectivity index (χ1n) is 9.35. The second kappa shape index (κ2) is 8.10. The van der Waals surface area contributed by atoms with Crippen molar-refractivity contribution in [2.75, 3.05) is 14.2 Å². The van der Waals surface area contributed by atoms with Crippen LogP contribution in [-0.2, 0) is 9.47 Å². The van der Waals surface area contributed by atoms with Gasteiger partial charge in [0.05, 0.1) is 25.3 Å². The average Bonchev–Trinajstić information content (AvgIpc) is 2.80. The van der Waals surface area contributed by atoms with Crippen molar-refractivity contribution in [1.82, 2.24) is 0 Å². The first-order valence-corrected chi connectivity index (χ1v) is 9.35. The molecule has 0 amide bonds. The predicted molar refractivity (Wildman–Crippen MR) is 117 cm³/mol. The third-order valence-electron chi connectivity index (χ3n) is 4.93. The Morgan fingerprint density at radius 2 is 1.07 bits per heavy atom. The van der Waals surface area contributed by atoms with Crippen molar-refractivity contribution >= 4 is 33.5 Å². The van der Waals surface area contributed by atoms with Gasteiger partial charge in [0.25, 0.3) is 0 Å².